The van der Waals surface area contributed by atoms with E-state index in [1.54, 1.807) is 0 Å². The second-order valence-electron chi connectivity index (χ2n) is 20.3. The number of nitrogens with zero attached hydrogens (tertiary/aromatic N) is 1. The number of hydrogen-bond acceptors (Lipinski definition) is 1. The monoisotopic (exact) mass is 915 g/mol. The van der Waals surface area contributed by atoms with Crippen LogP contribution in [-0.4, -0.2) is 0 Å². The van der Waals surface area contributed by atoms with Crippen LogP contribution in [-0.2, 0) is 10.8 Å². The van der Waals surface area contributed by atoms with Crippen molar-refractivity contribution >= 4 is 23.5 Å². The van der Waals surface area contributed by atoms with Crippen LogP contribution in [0.1, 0.15) is 74.0 Å². The Labute approximate surface area is 422 Å². The summed E-state index contributed by atoms with van der Waals surface area (Å²) in [5.74, 6) is 0. The zero-order chi connectivity index (χ0) is 47.5. The van der Waals surface area contributed by atoms with Crippen molar-refractivity contribution in [3.63, 3.8) is 0 Å². The van der Waals surface area contributed by atoms with Crippen LogP contribution in [0.4, 0.5) is 11.4 Å². The topological polar surface area (TPSA) is 3.24 Å². The van der Waals surface area contributed by atoms with Crippen LogP contribution in [0.25, 0.3) is 67.8 Å². The first-order valence-electron chi connectivity index (χ1n) is 25.6. The van der Waals surface area contributed by atoms with E-state index in [0.29, 0.717) is 0 Å². The molecule has 0 N–H and O–H groups in total. The van der Waals surface area contributed by atoms with Gasteiger partial charge in [0.15, 0.2) is 0 Å². The van der Waals surface area contributed by atoms with Gasteiger partial charge in [-0.05, 0) is 180 Å². The molecule has 72 heavy (non-hydrogen) atoms. The van der Waals surface area contributed by atoms with Gasteiger partial charge < -0.3 is 4.90 Å². The van der Waals surface area contributed by atoms with Crippen molar-refractivity contribution in [2.24, 2.45) is 0 Å². The molecule has 0 atom stereocenters. The molecule has 1 nitrogen and oxygen atoms in total. The van der Waals surface area contributed by atoms with Crippen LogP contribution in [0.2, 0.25) is 0 Å². The highest BCUT2D eigenvalue weighted by Gasteiger charge is 2.53. The summed E-state index contributed by atoms with van der Waals surface area (Å²) >= 11 is 0. The molecular weight excluding hydrogens is 867 g/mol. The molecule has 0 unspecified atom stereocenters. The molecule has 10 aromatic rings. The van der Waals surface area contributed by atoms with Gasteiger partial charge in [0.05, 0.1) is 10.8 Å². The summed E-state index contributed by atoms with van der Waals surface area (Å²) in [6.07, 6.45) is 13.7. The fraction of sp³-hybridized carbons (Fsp3) is 0.0704. The van der Waals surface area contributed by atoms with E-state index in [9.17, 15) is 0 Å². The lowest BCUT2D eigenvalue weighted by Crippen LogP contribution is -2.26. The lowest BCUT2D eigenvalue weighted by atomic mass is 9.70. The Bertz CT molecular complexity index is 3900. The quantitative estimate of drug-likeness (QED) is 0.150. The zero-order valence-electron chi connectivity index (χ0n) is 40.1. The highest BCUT2D eigenvalue weighted by atomic mass is 15.1. The normalized spacial score (nSPS) is 15.1. The molecule has 0 saturated heterocycles. The maximum Gasteiger partial charge on any atom is 0.0725 e. The number of para-hydroxylation sites is 1. The number of fused-ring (bicyclic) bond motifs is 20. The minimum atomic E-state index is -0.478. The molecule has 338 valence electrons. The summed E-state index contributed by atoms with van der Waals surface area (Å²) in [5.41, 5.74) is 30.2. The lowest BCUT2D eigenvalue weighted by molar-refractivity contribution is 0.792. The van der Waals surface area contributed by atoms with Gasteiger partial charge in [0, 0.05) is 17.1 Å². The lowest BCUT2D eigenvalue weighted by Gasteiger charge is -2.31. The van der Waals surface area contributed by atoms with Crippen molar-refractivity contribution in [3.8, 4) is 55.6 Å². The van der Waals surface area contributed by atoms with Gasteiger partial charge in [-0.25, -0.2) is 0 Å². The Morgan fingerprint density at radius 1 is 0.347 bits per heavy atom. The minimum absolute atomic E-state index is 0.379. The minimum Gasteiger partial charge on any atom is -0.311 e. The van der Waals surface area contributed by atoms with E-state index >= 15 is 0 Å². The van der Waals surface area contributed by atoms with Crippen LogP contribution in [0.15, 0.2) is 248 Å². The molecule has 5 aliphatic rings. The molecule has 5 aliphatic carbocycles. The fourth-order valence-corrected chi connectivity index (χ4v) is 13.6. The first-order chi connectivity index (χ1) is 35.6. The molecular formula is C71H49N. The number of anilines is 2. The molecule has 1 heteroatoms. The van der Waals surface area contributed by atoms with Gasteiger partial charge in [-0.3, -0.25) is 0 Å². The molecule has 2 spiro atoms. The molecule has 0 fully saturated rings. The first kappa shape index (κ1) is 41.0. The van der Waals surface area contributed by atoms with E-state index in [4.69, 9.17) is 0 Å². The van der Waals surface area contributed by atoms with Crippen molar-refractivity contribution < 1.29 is 0 Å². The molecule has 0 saturated carbocycles. The van der Waals surface area contributed by atoms with Crippen LogP contribution in [0.3, 0.4) is 0 Å². The van der Waals surface area contributed by atoms with Crippen LogP contribution >= 0.6 is 0 Å². The van der Waals surface area contributed by atoms with E-state index < -0.39 is 5.41 Å². The largest absolute Gasteiger partial charge is 0.311 e. The number of benzene rings is 10. The van der Waals surface area contributed by atoms with Crippen LogP contribution < -0.4 is 4.90 Å². The number of hydrogen-bond donors (Lipinski definition) is 0. The highest BCUT2D eigenvalue weighted by Crippen LogP contribution is 2.65. The third-order valence-electron chi connectivity index (χ3n) is 16.6. The second kappa shape index (κ2) is 15.6. The highest BCUT2D eigenvalue weighted by molar-refractivity contribution is 5.98. The second-order valence-corrected chi connectivity index (χ2v) is 20.3. The molecule has 0 aliphatic heterocycles. The standard InChI is InChI=1S/C71H49N/c1-46-28-38-58-59-39-31-47(43-67(59)70(66(58)42-46)62-24-12-8-20-54(62)55-21-9-13-25-63(55)70)29-30-48-32-40-60-61-41-35-50(49-33-36-53(37-34-49)72(51-16-4-2-5-17-51)52-18-6-3-7-19-52)45-69(61)71(68(60)44-48)64-26-14-10-22-56(64)57-23-11-15-27-65(57)71/h2,4-6,8-45H,3,7H2,1H3/b30-29+. The molecule has 0 radical (unpaired) electrons. The summed E-state index contributed by atoms with van der Waals surface area (Å²) in [6, 6.07) is 85.0. The number of rotatable bonds is 6. The molecule has 0 amide bonds. The maximum absolute atomic E-state index is 2.50. The summed E-state index contributed by atoms with van der Waals surface area (Å²) in [4.78, 5) is 2.38. The van der Waals surface area contributed by atoms with Crippen molar-refractivity contribution in [1.82, 2.24) is 0 Å². The summed E-state index contributed by atoms with van der Waals surface area (Å²) < 4.78 is 0. The number of allylic oxidation sites excluding steroid dienone is 3. The van der Waals surface area contributed by atoms with Gasteiger partial charge in [-0.1, -0.05) is 212 Å². The molecule has 10 aromatic carbocycles. The number of aryl methyl sites for hydroxylation is 1. The Morgan fingerprint density at radius 2 is 0.764 bits per heavy atom. The predicted molar refractivity (Wildman–Crippen MR) is 300 cm³/mol. The average molecular weight is 916 g/mol. The van der Waals surface area contributed by atoms with Crippen molar-refractivity contribution in [2.75, 3.05) is 4.90 Å². The third kappa shape index (κ3) is 5.65. The fourth-order valence-electron chi connectivity index (χ4n) is 13.6. The van der Waals surface area contributed by atoms with Crippen molar-refractivity contribution in [3.05, 3.63) is 310 Å². The smallest absolute Gasteiger partial charge is 0.0725 e. The predicted octanol–water partition coefficient (Wildman–Crippen LogP) is 17.9. The molecule has 0 bridgehead atoms. The molecule has 15 rings (SSSR count). The third-order valence-corrected chi connectivity index (χ3v) is 16.6. The average Bonchev–Trinajstić information content (AvgIpc) is 4.12. The summed E-state index contributed by atoms with van der Waals surface area (Å²) in [7, 11) is 0. The Hall–Kier alpha value is -8.78. The van der Waals surface area contributed by atoms with E-state index in [1.807, 2.05) is 0 Å². The summed E-state index contributed by atoms with van der Waals surface area (Å²) in [6.45, 7) is 2.23. The van der Waals surface area contributed by atoms with E-state index in [1.165, 1.54) is 123 Å². The van der Waals surface area contributed by atoms with Crippen molar-refractivity contribution in [2.45, 2.75) is 30.6 Å². The molecule has 0 heterocycles. The van der Waals surface area contributed by atoms with E-state index in [0.717, 1.165) is 24.2 Å². The van der Waals surface area contributed by atoms with Gasteiger partial charge in [-0.2, -0.15) is 0 Å². The van der Waals surface area contributed by atoms with Crippen LogP contribution in [0, 0.1) is 6.92 Å². The Kier molecular flexibility index (Phi) is 8.90. The zero-order valence-corrected chi connectivity index (χ0v) is 40.1. The van der Waals surface area contributed by atoms with Gasteiger partial charge in [0.1, 0.15) is 0 Å². The maximum atomic E-state index is 2.50. The van der Waals surface area contributed by atoms with E-state index in [2.05, 4.69) is 267 Å². The summed E-state index contributed by atoms with van der Waals surface area (Å²) in [5, 5.41) is 0. The Balaban J connectivity index is 0.850. The van der Waals surface area contributed by atoms with Gasteiger partial charge in [0.2, 0.25) is 0 Å². The van der Waals surface area contributed by atoms with Gasteiger partial charge in [0.25, 0.3) is 0 Å². The van der Waals surface area contributed by atoms with Crippen molar-refractivity contribution in [1.29, 1.82) is 0 Å². The van der Waals surface area contributed by atoms with E-state index in [-0.39, 0.29) is 5.41 Å². The van der Waals surface area contributed by atoms with Gasteiger partial charge in [-0.15, -0.1) is 0 Å². The molecule has 0 aromatic heterocycles. The van der Waals surface area contributed by atoms with Crippen LogP contribution in [0.5, 0.6) is 0 Å². The SMILES string of the molecule is Cc1ccc2c(c1)C1(c3ccccc3-c3ccccc31)c1cc(/C=C/c3ccc4c(c3)C3(c5ccccc5-c5ccccc53)c3cc(-c5ccc(N(C6=CCCC=C6)c6ccccc6)cc5)ccc3-4)ccc1-2. The van der Waals surface area contributed by atoms with Gasteiger partial charge >= 0.3 is 0 Å². The Morgan fingerprint density at radius 3 is 1.28 bits per heavy atom. The first-order valence-corrected chi connectivity index (χ1v) is 25.6.